The number of nitro groups is 1. The van der Waals surface area contributed by atoms with Crippen LogP contribution in [0, 0.1) is 21.4 Å². The van der Waals surface area contributed by atoms with E-state index in [2.05, 4.69) is 63.0 Å². The Morgan fingerprint density at radius 3 is 2.53 bits per heavy atom. The Morgan fingerprint density at radius 2 is 1.82 bits per heavy atom. The van der Waals surface area contributed by atoms with Gasteiger partial charge in [0.05, 0.1) is 44.9 Å². The van der Waals surface area contributed by atoms with Crippen LogP contribution in [0.15, 0.2) is 82.8 Å². The van der Waals surface area contributed by atoms with Crippen molar-refractivity contribution in [1.29, 1.82) is 0 Å². The third-order valence-electron chi connectivity index (χ3n) is 14.4. The number of nitro benzene ring substituents is 1. The summed E-state index contributed by atoms with van der Waals surface area (Å²) >= 11 is 7.72. The summed E-state index contributed by atoms with van der Waals surface area (Å²) < 4.78 is 48.5. The first kappa shape index (κ1) is 48.1. The summed E-state index contributed by atoms with van der Waals surface area (Å²) in [6.45, 7) is 11.3. The number of fused-ring (bicyclic) bond motifs is 2. The Hall–Kier alpha value is -4.91. The number of rotatable bonds is 15. The van der Waals surface area contributed by atoms with Gasteiger partial charge in [0, 0.05) is 66.5 Å². The number of sulfonamides is 1. The number of carbonyl (C=O) groups excluding carboxylic acids is 1. The van der Waals surface area contributed by atoms with Gasteiger partial charge in [-0.1, -0.05) is 49.7 Å². The summed E-state index contributed by atoms with van der Waals surface area (Å²) in [6, 6.07) is 18.0. The van der Waals surface area contributed by atoms with E-state index in [4.69, 9.17) is 25.8 Å². The first-order chi connectivity index (χ1) is 32.5. The van der Waals surface area contributed by atoms with E-state index in [0.29, 0.717) is 54.1 Å². The summed E-state index contributed by atoms with van der Waals surface area (Å²) in [5.41, 5.74) is 2.94. The van der Waals surface area contributed by atoms with Crippen LogP contribution >= 0.6 is 23.4 Å². The van der Waals surface area contributed by atoms with Gasteiger partial charge >= 0.3 is 0 Å². The largest absolute Gasteiger partial charge is 0.491 e. The second kappa shape index (κ2) is 19.5. The molecule has 1 amide bonds. The molecule has 18 heteroatoms. The van der Waals surface area contributed by atoms with Gasteiger partial charge in [0.15, 0.2) is 0 Å². The second-order valence-electron chi connectivity index (χ2n) is 19.5. The summed E-state index contributed by atoms with van der Waals surface area (Å²) in [4.78, 5) is 35.4. The van der Waals surface area contributed by atoms with E-state index in [9.17, 15) is 28.4 Å². The lowest BCUT2D eigenvalue weighted by Crippen LogP contribution is -2.54. The summed E-state index contributed by atoms with van der Waals surface area (Å²) in [6.07, 6.45) is 9.91. The van der Waals surface area contributed by atoms with Crippen molar-refractivity contribution in [2.75, 3.05) is 37.8 Å². The van der Waals surface area contributed by atoms with Crippen molar-refractivity contribution < 1.29 is 37.5 Å². The van der Waals surface area contributed by atoms with Gasteiger partial charge in [0.2, 0.25) is 0 Å². The van der Waals surface area contributed by atoms with Crippen molar-refractivity contribution >= 4 is 61.7 Å². The van der Waals surface area contributed by atoms with Crippen LogP contribution < -0.4 is 24.4 Å². The number of amides is 1. The molecule has 0 radical (unpaired) electrons. The number of pyridine rings is 1. The number of halogens is 1. The molecule has 3 fully saturated rings. The minimum atomic E-state index is -4.67. The molecule has 2 aliphatic carbocycles. The van der Waals surface area contributed by atoms with E-state index in [1.54, 1.807) is 24.4 Å². The van der Waals surface area contributed by atoms with Gasteiger partial charge in [-0.05, 0) is 112 Å². The number of aliphatic hydroxyl groups is 1. The Kier molecular flexibility index (Phi) is 13.8. The maximum Gasteiger partial charge on any atom is 0.288 e. The Bertz CT molecular complexity index is 2790. The van der Waals surface area contributed by atoms with Crippen molar-refractivity contribution in [2.24, 2.45) is 11.3 Å². The van der Waals surface area contributed by atoms with Gasteiger partial charge in [-0.2, -0.15) is 0 Å². The number of aromatic nitrogens is 2. The first-order valence-corrected chi connectivity index (χ1v) is 26.3. The van der Waals surface area contributed by atoms with E-state index in [0.717, 1.165) is 63.4 Å². The van der Waals surface area contributed by atoms with Gasteiger partial charge in [-0.25, -0.2) is 18.1 Å². The third kappa shape index (κ3) is 10.2. The molecule has 15 nitrogen and oxygen atoms in total. The maximum atomic E-state index is 14.1. The first-order valence-electron chi connectivity index (χ1n) is 23.5. The summed E-state index contributed by atoms with van der Waals surface area (Å²) in [7, 11) is -4.67. The van der Waals surface area contributed by atoms with E-state index in [1.807, 2.05) is 13.8 Å². The standard InChI is InChI=1S/C50H59ClN6O9S2/c1-5-64-28-41(37-9-7-6-8-36(37)30(2)3)54-32-24-50(25-32)16-18-56(19-17-50)33-10-11-38(43(20-33)66-34-21-39-40(51)27-53-47(39)52-26-34)48(58)55-68(62,63)35-22-42(57(60)61)46-44(23-35)65-29-45(67-46)31-12-14-49(4,59)15-13-31/h6-11,20-23,26-27,30-32,41,45,54,59H,5,12-19,24-25,28-29H2,1-4H3,(H,52,53)(H,55,58)/t31?,41-,45-,49?/m1/s1. The molecule has 2 aromatic heterocycles. The van der Waals surface area contributed by atoms with Crippen molar-refractivity contribution in [3.8, 4) is 17.2 Å². The molecule has 0 unspecified atom stereocenters. The number of nitrogens with one attached hydrogen (secondary N) is 3. The zero-order valence-electron chi connectivity index (χ0n) is 38.8. The van der Waals surface area contributed by atoms with Crippen LogP contribution in [0.1, 0.15) is 113 Å². The van der Waals surface area contributed by atoms with Crippen LogP contribution in [0.2, 0.25) is 5.02 Å². The number of ether oxygens (including phenoxy) is 3. The van der Waals surface area contributed by atoms with Gasteiger partial charge in [0.25, 0.3) is 21.6 Å². The Labute approximate surface area is 406 Å². The number of nitrogens with zero attached hydrogens (tertiary/aromatic N) is 3. The average molecular weight is 988 g/mol. The number of hydrogen-bond acceptors (Lipinski definition) is 13. The fraction of sp³-hybridized carbons (Fsp3) is 0.480. The van der Waals surface area contributed by atoms with Crippen molar-refractivity contribution in [1.82, 2.24) is 20.0 Å². The quantitative estimate of drug-likeness (QED) is 0.0572. The molecule has 362 valence electrons. The zero-order valence-corrected chi connectivity index (χ0v) is 41.1. The SMILES string of the molecule is CCOC[C@@H](NC1CC2(CCN(c3ccc(C(=O)NS(=O)(=O)c4cc5c(c([N+](=O)[O-])c4)S[C@@H](C4CCC(C)(O)CC4)CO5)c(Oc4cnc5[nH]cc(Cl)c5c4)c3)CC2)C1)c1ccccc1C(C)C. The molecule has 2 atom stereocenters. The predicted molar refractivity (Wildman–Crippen MR) is 263 cm³/mol. The molecular formula is C50H59ClN6O9S2. The second-order valence-corrected chi connectivity index (χ2v) is 22.8. The highest BCUT2D eigenvalue weighted by Gasteiger charge is 2.47. The molecule has 4 heterocycles. The van der Waals surface area contributed by atoms with Crippen molar-refractivity contribution in [3.05, 3.63) is 105 Å². The molecule has 4 N–H and O–H groups in total. The minimum absolute atomic E-state index is 0.0611. The third-order valence-corrected chi connectivity index (χ3v) is 17.5. The van der Waals surface area contributed by atoms with Crippen LogP contribution in [0.5, 0.6) is 17.2 Å². The zero-order chi connectivity index (χ0) is 48.0. The number of benzene rings is 3. The molecule has 1 spiro atoms. The summed E-state index contributed by atoms with van der Waals surface area (Å²) in [5, 5.41) is 27.8. The molecule has 3 aromatic carbocycles. The van der Waals surface area contributed by atoms with Gasteiger partial charge in [0.1, 0.15) is 34.4 Å². The predicted octanol–water partition coefficient (Wildman–Crippen LogP) is 10.1. The van der Waals surface area contributed by atoms with E-state index < -0.39 is 37.0 Å². The Balaban J connectivity index is 0.917. The Morgan fingerprint density at radius 1 is 1.09 bits per heavy atom. The highest BCUT2D eigenvalue weighted by Crippen LogP contribution is 2.51. The van der Waals surface area contributed by atoms with Crippen molar-refractivity contribution in [2.45, 2.75) is 118 Å². The molecule has 4 aliphatic rings. The normalized spacial score (nSPS) is 22.1. The molecule has 1 saturated heterocycles. The fourth-order valence-corrected chi connectivity index (χ4v) is 13.1. The maximum absolute atomic E-state index is 14.1. The molecule has 0 bridgehead atoms. The number of anilines is 1. The van der Waals surface area contributed by atoms with Crippen LogP contribution in [-0.4, -0.2) is 84.1 Å². The van der Waals surface area contributed by atoms with E-state index in [-0.39, 0.29) is 56.9 Å². The molecular weight excluding hydrogens is 928 g/mol. The smallest absolute Gasteiger partial charge is 0.288 e. The topological polar surface area (TPSA) is 198 Å². The number of hydrogen-bond donors (Lipinski definition) is 4. The fourth-order valence-electron chi connectivity index (χ4n) is 10.5. The van der Waals surface area contributed by atoms with Crippen LogP contribution in [-0.2, 0) is 14.8 Å². The van der Waals surface area contributed by atoms with Crippen molar-refractivity contribution in [3.63, 3.8) is 0 Å². The van der Waals surface area contributed by atoms with Gasteiger partial charge in [-0.3, -0.25) is 14.9 Å². The number of piperidine rings is 1. The molecule has 2 aliphatic heterocycles. The number of H-pyrrole nitrogens is 1. The molecule has 2 saturated carbocycles. The van der Waals surface area contributed by atoms with Gasteiger partial charge < -0.3 is 34.5 Å². The lowest BCUT2D eigenvalue weighted by atomic mass is 9.60. The highest BCUT2D eigenvalue weighted by atomic mass is 35.5. The lowest BCUT2D eigenvalue weighted by molar-refractivity contribution is -0.388. The van der Waals surface area contributed by atoms with E-state index in [1.165, 1.54) is 41.2 Å². The summed E-state index contributed by atoms with van der Waals surface area (Å²) in [5.74, 6) is 0.000168. The van der Waals surface area contributed by atoms with Gasteiger partial charge in [-0.15, -0.1) is 11.8 Å². The average Bonchev–Trinajstić information content (AvgIpc) is 3.68. The van der Waals surface area contributed by atoms with Crippen LogP contribution in [0.4, 0.5) is 11.4 Å². The highest BCUT2D eigenvalue weighted by molar-refractivity contribution is 8.00. The number of carbonyl (C=O) groups is 1. The molecule has 5 aromatic rings. The van der Waals surface area contributed by atoms with Crippen LogP contribution in [0.25, 0.3) is 11.0 Å². The number of thioether (sulfide) groups is 1. The van der Waals surface area contributed by atoms with E-state index >= 15 is 0 Å². The molecule has 68 heavy (non-hydrogen) atoms. The minimum Gasteiger partial charge on any atom is -0.491 e. The monoisotopic (exact) mass is 986 g/mol. The van der Waals surface area contributed by atoms with Crippen LogP contribution in [0.3, 0.4) is 0 Å². The molecule has 9 rings (SSSR count). The lowest BCUT2D eigenvalue weighted by Gasteiger charge is -2.53. The number of aromatic amines is 1.